The van der Waals surface area contributed by atoms with E-state index in [0.717, 1.165) is 24.8 Å². The summed E-state index contributed by atoms with van der Waals surface area (Å²) in [6, 6.07) is 6.84. The quantitative estimate of drug-likeness (QED) is 0.724. The smallest absolute Gasteiger partial charge is 0.222 e. The van der Waals surface area contributed by atoms with Crippen LogP contribution in [0.2, 0.25) is 5.02 Å². The van der Waals surface area contributed by atoms with E-state index in [4.69, 9.17) is 11.6 Å². The van der Waals surface area contributed by atoms with Gasteiger partial charge in [-0.25, -0.2) is 0 Å². The molecule has 1 atom stereocenters. The lowest BCUT2D eigenvalue weighted by Gasteiger charge is -2.18. The minimum atomic E-state index is -0.328. The van der Waals surface area contributed by atoms with E-state index in [0.29, 0.717) is 11.6 Å². The van der Waals surface area contributed by atoms with Crippen molar-refractivity contribution >= 4 is 23.4 Å². The largest absolute Gasteiger partial charge is 0.356 e. The maximum Gasteiger partial charge on any atom is 0.222 e. The Morgan fingerprint density at radius 1 is 1.19 bits per heavy atom. The molecule has 0 saturated heterocycles. The van der Waals surface area contributed by atoms with Gasteiger partial charge in [0, 0.05) is 18.5 Å². The van der Waals surface area contributed by atoms with Crippen molar-refractivity contribution in [3.05, 3.63) is 34.9 Å². The van der Waals surface area contributed by atoms with Gasteiger partial charge < -0.3 is 10.6 Å². The van der Waals surface area contributed by atoms with E-state index in [1.807, 2.05) is 12.1 Å². The van der Waals surface area contributed by atoms with Crippen molar-refractivity contribution in [2.45, 2.75) is 45.6 Å². The minimum absolute atomic E-state index is 0.0557. The third kappa shape index (κ3) is 7.14. The fourth-order valence-corrected chi connectivity index (χ4v) is 2.18. The molecule has 0 aliphatic carbocycles. The Morgan fingerprint density at radius 2 is 1.86 bits per heavy atom. The number of benzene rings is 1. The molecule has 0 heterocycles. The van der Waals surface area contributed by atoms with Gasteiger partial charge in [-0.15, -0.1) is 0 Å². The zero-order valence-electron chi connectivity index (χ0n) is 12.6. The molecule has 2 N–H and O–H groups in total. The number of amides is 2. The van der Waals surface area contributed by atoms with Gasteiger partial charge in [-0.1, -0.05) is 43.5 Å². The minimum Gasteiger partial charge on any atom is -0.356 e. The molecule has 0 spiro atoms. The van der Waals surface area contributed by atoms with Crippen LogP contribution in [0.1, 0.15) is 51.1 Å². The number of carbonyl (C=O) groups is 2. The summed E-state index contributed by atoms with van der Waals surface area (Å²) in [5.41, 5.74) is 0.873. The van der Waals surface area contributed by atoms with Crippen LogP contribution in [-0.2, 0) is 9.59 Å². The molecule has 0 fully saturated rings. The van der Waals surface area contributed by atoms with Gasteiger partial charge in [-0.3, -0.25) is 9.59 Å². The molecular weight excluding hydrogens is 288 g/mol. The summed E-state index contributed by atoms with van der Waals surface area (Å²) >= 11 is 5.86. The first-order valence-electron chi connectivity index (χ1n) is 7.32. The van der Waals surface area contributed by atoms with Crippen LogP contribution in [0.15, 0.2) is 24.3 Å². The van der Waals surface area contributed by atoms with Crippen molar-refractivity contribution in [2.24, 2.45) is 0 Å². The third-order valence-corrected chi connectivity index (χ3v) is 3.39. The Labute approximate surface area is 131 Å². The molecule has 0 bridgehead atoms. The van der Waals surface area contributed by atoms with Crippen molar-refractivity contribution in [2.75, 3.05) is 6.54 Å². The first kappa shape index (κ1) is 17.5. The zero-order valence-corrected chi connectivity index (χ0v) is 13.4. The van der Waals surface area contributed by atoms with Gasteiger partial charge in [0.05, 0.1) is 12.5 Å². The van der Waals surface area contributed by atoms with Crippen LogP contribution < -0.4 is 10.6 Å². The van der Waals surface area contributed by atoms with Gasteiger partial charge in [0.15, 0.2) is 0 Å². The highest BCUT2D eigenvalue weighted by atomic mass is 35.5. The molecular formula is C16H23ClN2O2. The summed E-state index contributed by atoms with van der Waals surface area (Å²) in [5, 5.41) is 6.32. The molecule has 2 amide bonds. The van der Waals surface area contributed by atoms with Gasteiger partial charge in [-0.05, 0) is 24.1 Å². The second-order valence-electron chi connectivity index (χ2n) is 5.07. The first-order valence-corrected chi connectivity index (χ1v) is 7.70. The predicted octanol–water partition coefficient (Wildman–Crippen LogP) is 3.21. The van der Waals surface area contributed by atoms with Crippen molar-refractivity contribution < 1.29 is 9.59 Å². The molecule has 21 heavy (non-hydrogen) atoms. The fourth-order valence-electron chi connectivity index (χ4n) is 2.05. The number of halogens is 1. The maximum absolute atomic E-state index is 11.9. The van der Waals surface area contributed by atoms with Crippen LogP contribution in [0.4, 0.5) is 0 Å². The van der Waals surface area contributed by atoms with E-state index < -0.39 is 0 Å². The average molecular weight is 311 g/mol. The lowest BCUT2D eigenvalue weighted by molar-refractivity contribution is -0.122. The summed E-state index contributed by atoms with van der Waals surface area (Å²) in [7, 11) is 0. The Morgan fingerprint density at radius 3 is 2.43 bits per heavy atom. The van der Waals surface area contributed by atoms with Crippen LogP contribution in [-0.4, -0.2) is 18.4 Å². The summed E-state index contributed by atoms with van der Waals surface area (Å²) in [5.74, 6) is -0.214. The number of unbranched alkanes of at least 4 members (excludes halogenated alkanes) is 2. The highest BCUT2D eigenvalue weighted by molar-refractivity contribution is 6.30. The number of hydrogen-bond acceptors (Lipinski definition) is 2. The molecule has 0 unspecified atom stereocenters. The van der Waals surface area contributed by atoms with Crippen molar-refractivity contribution in [3.8, 4) is 0 Å². The summed E-state index contributed by atoms with van der Waals surface area (Å²) in [4.78, 5) is 23.3. The van der Waals surface area contributed by atoms with Crippen LogP contribution >= 0.6 is 11.6 Å². The van der Waals surface area contributed by atoms with Crippen molar-refractivity contribution in [1.29, 1.82) is 0 Å². The van der Waals surface area contributed by atoms with Crippen LogP contribution in [0.3, 0.4) is 0 Å². The van der Waals surface area contributed by atoms with Crippen molar-refractivity contribution in [1.82, 2.24) is 10.6 Å². The SMILES string of the molecule is CCCCCNC(=O)C[C@H](NC(C)=O)c1ccc(Cl)cc1. The average Bonchev–Trinajstić information content (AvgIpc) is 2.43. The first-order chi connectivity index (χ1) is 10.0. The van der Waals surface area contributed by atoms with E-state index in [1.165, 1.54) is 6.92 Å². The monoisotopic (exact) mass is 310 g/mol. The fraction of sp³-hybridized carbons (Fsp3) is 0.500. The molecule has 4 nitrogen and oxygen atoms in total. The Kier molecular flexibility index (Phi) is 7.83. The lowest BCUT2D eigenvalue weighted by Crippen LogP contribution is -2.33. The van der Waals surface area contributed by atoms with Gasteiger partial charge in [0.25, 0.3) is 0 Å². The van der Waals surface area contributed by atoms with E-state index in [-0.39, 0.29) is 24.3 Å². The molecule has 1 rings (SSSR count). The molecule has 1 aromatic rings. The number of rotatable bonds is 8. The van der Waals surface area contributed by atoms with Crippen LogP contribution in [0.25, 0.3) is 0 Å². The molecule has 0 aliphatic rings. The molecule has 116 valence electrons. The Hall–Kier alpha value is -1.55. The van der Waals surface area contributed by atoms with Crippen molar-refractivity contribution in [3.63, 3.8) is 0 Å². The van der Waals surface area contributed by atoms with E-state index >= 15 is 0 Å². The second-order valence-corrected chi connectivity index (χ2v) is 5.50. The Bertz CT molecular complexity index is 460. The van der Waals surface area contributed by atoms with Gasteiger partial charge >= 0.3 is 0 Å². The third-order valence-electron chi connectivity index (χ3n) is 3.14. The number of carbonyl (C=O) groups excluding carboxylic acids is 2. The van der Waals surface area contributed by atoms with E-state index in [9.17, 15) is 9.59 Å². The molecule has 5 heteroatoms. The Balaban J connectivity index is 2.59. The maximum atomic E-state index is 11.9. The number of hydrogen-bond donors (Lipinski definition) is 2. The molecule has 0 aliphatic heterocycles. The van der Waals surface area contributed by atoms with Crippen LogP contribution in [0, 0.1) is 0 Å². The van der Waals surface area contributed by atoms with E-state index in [1.54, 1.807) is 12.1 Å². The molecule has 1 aromatic carbocycles. The number of nitrogens with one attached hydrogen (secondary N) is 2. The molecule has 0 aromatic heterocycles. The van der Waals surface area contributed by atoms with E-state index in [2.05, 4.69) is 17.6 Å². The summed E-state index contributed by atoms with van der Waals surface area (Å²) in [6.07, 6.45) is 3.43. The molecule has 0 saturated carbocycles. The van der Waals surface area contributed by atoms with Gasteiger partial charge in [-0.2, -0.15) is 0 Å². The van der Waals surface area contributed by atoms with Gasteiger partial charge in [0.2, 0.25) is 11.8 Å². The predicted molar refractivity (Wildman–Crippen MR) is 85.2 cm³/mol. The van der Waals surface area contributed by atoms with Crippen LogP contribution in [0.5, 0.6) is 0 Å². The second kappa shape index (κ2) is 9.40. The lowest BCUT2D eigenvalue weighted by atomic mass is 10.0. The van der Waals surface area contributed by atoms with Gasteiger partial charge in [0.1, 0.15) is 0 Å². The zero-order chi connectivity index (χ0) is 15.7. The summed E-state index contributed by atoms with van der Waals surface area (Å²) < 4.78 is 0. The standard InChI is InChI=1S/C16H23ClN2O2/c1-3-4-5-10-18-16(21)11-15(19-12(2)20)13-6-8-14(17)9-7-13/h6-9,15H,3-5,10-11H2,1-2H3,(H,18,21)(H,19,20)/t15-/m0/s1. The topological polar surface area (TPSA) is 58.2 Å². The highest BCUT2D eigenvalue weighted by Gasteiger charge is 2.16. The highest BCUT2D eigenvalue weighted by Crippen LogP contribution is 2.19. The normalized spacial score (nSPS) is 11.8. The summed E-state index contributed by atoms with van der Waals surface area (Å²) in [6.45, 7) is 4.25. The molecule has 0 radical (unpaired) electrons.